The maximum absolute atomic E-state index is 12.2. The number of rotatable bonds is 2. The zero-order valence-electron chi connectivity index (χ0n) is 11.1. The van der Waals surface area contributed by atoms with Crippen molar-refractivity contribution in [3.63, 3.8) is 0 Å². The minimum Gasteiger partial charge on any atom is -0.339 e. The number of halogens is 1. The number of piperidine rings is 1. The molecule has 2 rings (SSSR count). The largest absolute Gasteiger partial charge is 0.339 e. The number of hydrogen-bond acceptors (Lipinski definition) is 2. The fourth-order valence-corrected chi connectivity index (χ4v) is 2.54. The quantitative estimate of drug-likeness (QED) is 0.846. The van der Waals surface area contributed by atoms with Gasteiger partial charge < -0.3 is 10.6 Å². The van der Waals surface area contributed by atoms with E-state index in [9.17, 15) is 4.79 Å². The van der Waals surface area contributed by atoms with Crippen LogP contribution in [0.1, 0.15) is 25.3 Å². The van der Waals surface area contributed by atoms with E-state index in [0.29, 0.717) is 5.02 Å². The highest BCUT2D eigenvalue weighted by Gasteiger charge is 2.19. The number of hydrogen-bond donors (Lipinski definition) is 1. The molecule has 0 bridgehead atoms. The van der Waals surface area contributed by atoms with Crippen molar-refractivity contribution >= 4 is 23.1 Å². The predicted molar refractivity (Wildman–Crippen MR) is 78.9 cm³/mol. The highest BCUT2D eigenvalue weighted by molar-refractivity contribution is 6.32. The summed E-state index contributed by atoms with van der Waals surface area (Å²) in [5, 5.41) is 0.671. The highest BCUT2D eigenvalue weighted by Crippen LogP contribution is 2.23. The maximum atomic E-state index is 12.2. The first-order chi connectivity index (χ1) is 9.08. The van der Waals surface area contributed by atoms with Crippen molar-refractivity contribution in [2.45, 2.75) is 25.8 Å². The summed E-state index contributed by atoms with van der Waals surface area (Å²) in [5.74, 6) is 0.0457. The van der Waals surface area contributed by atoms with Gasteiger partial charge in [0.1, 0.15) is 0 Å². The van der Waals surface area contributed by atoms with Crippen molar-refractivity contribution in [2.75, 3.05) is 13.1 Å². The average Bonchev–Trinajstić information content (AvgIpc) is 2.39. The Morgan fingerprint density at radius 2 is 2.00 bits per heavy atom. The lowest BCUT2D eigenvalue weighted by Crippen LogP contribution is -2.42. The summed E-state index contributed by atoms with van der Waals surface area (Å²) < 4.78 is 0. The fraction of sp³-hybridized carbons (Fsp3) is 0.400. The fourth-order valence-electron chi connectivity index (χ4n) is 2.26. The standard InChI is InChI=1S/C15H19ClN2O/c1-11(13-4-2-3-5-14(13)16)10-15(19)18-8-6-12(17)7-9-18/h2-5,10,12H,6-9,17H2,1H3/b11-10+. The van der Waals surface area contributed by atoms with Gasteiger partial charge in [0.05, 0.1) is 0 Å². The molecule has 102 valence electrons. The second kappa shape index (κ2) is 6.22. The van der Waals surface area contributed by atoms with E-state index in [1.54, 1.807) is 6.08 Å². The first-order valence-corrected chi connectivity index (χ1v) is 6.93. The van der Waals surface area contributed by atoms with E-state index in [4.69, 9.17) is 17.3 Å². The third-order valence-corrected chi connectivity index (χ3v) is 3.82. The van der Waals surface area contributed by atoms with Crippen LogP contribution in [0.2, 0.25) is 5.02 Å². The molecule has 0 saturated carbocycles. The van der Waals surface area contributed by atoms with Crippen LogP contribution in [0.25, 0.3) is 5.57 Å². The molecule has 1 heterocycles. The number of amides is 1. The molecule has 0 radical (unpaired) electrons. The number of nitrogens with zero attached hydrogens (tertiary/aromatic N) is 1. The Bertz CT molecular complexity index is 491. The molecule has 0 spiro atoms. The third kappa shape index (κ3) is 3.58. The molecule has 0 atom stereocenters. The van der Waals surface area contributed by atoms with E-state index < -0.39 is 0 Å². The molecule has 1 aliphatic heterocycles. The van der Waals surface area contributed by atoms with Gasteiger partial charge in [-0.3, -0.25) is 4.79 Å². The molecule has 0 aromatic heterocycles. The smallest absolute Gasteiger partial charge is 0.246 e. The van der Waals surface area contributed by atoms with Crippen LogP contribution in [0.5, 0.6) is 0 Å². The monoisotopic (exact) mass is 278 g/mol. The van der Waals surface area contributed by atoms with E-state index in [1.807, 2.05) is 36.1 Å². The topological polar surface area (TPSA) is 46.3 Å². The Morgan fingerprint density at radius 3 is 2.63 bits per heavy atom. The number of allylic oxidation sites excluding steroid dienone is 1. The first-order valence-electron chi connectivity index (χ1n) is 6.55. The van der Waals surface area contributed by atoms with Crippen LogP contribution in [-0.2, 0) is 4.79 Å². The molecule has 1 aliphatic rings. The van der Waals surface area contributed by atoms with Gasteiger partial charge in [0.2, 0.25) is 5.91 Å². The van der Waals surface area contributed by atoms with Crippen molar-refractivity contribution in [3.8, 4) is 0 Å². The van der Waals surface area contributed by atoms with Crippen LogP contribution in [-0.4, -0.2) is 29.9 Å². The van der Waals surface area contributed by atoms with E-state index >= 15 is 0 Å². The highest BCUT2D eigenvalue weighted by atomic mass is 35.5. The van der Waals surface area contributed by atoms with Crippen molar-refractivity contribution in [1.29, 1.82) is 0 Å². The minimum absolute atomic E-state index is 0.0457. The summed E-state index contributed by atoms with van der Waals surface area (Å²) in [6.45, 7) is 3.40. The summed E-state index contributed by atoms with van der Waals surface area (Å²) in [6.07, 6.45) is 3.42. The Hall–Kier alpha value is -1.32. The Balaban J connectivity index is 2.08. The molecule has 1 aromatic rings. The lowest BCUT2D eigenvalue weighted by Gasteiger charge is -2.29. The van der Waals surface area contributed by atoms with Crippen molar-refractivity contribution in [2.24, 2.45) is 5.73 Å². The van der Waals surface area contributed by atoms with Gasteiger partial charge in [-0.05, 0) is 37.0 Å². The summed E-state index contributed by atoms with van der Waals surface area (Å²) in [5.41, 5.74) is 7.64. The van der Waals surface area contributed by atoms with E-state index in [1.165, 1.54) is 0 Å². The van der Waals surface area contributed by atoms with Crippen LogP contribution in [0, 0.1) is 0 Å². The summed E-state index contributed by atoms with van der Waals surface area (Å²) in [6, 6.07) is 7.79. The van der Waals surface area contributed by atoms with Crippen LogP contribution in [0.4, 0.5) is 0 Å². The molecule has 19 heavy (non-hydrogen) atoms. The summed E-state index contributed by atoms with van der Waals surface area (Å²) in [7, 11) is 0. The van der Waals surface area contributed by atoms with Gasteiger partial charge in [-0.15, -0.1) is 0 Å². The van der Waals surface area contributed by atoms with Crippen LogP contribution < -0.4 is 5.73 Å². The molecule has 1 fully saturated rings. The van der Waals surface area contributed by atoms with Gasteiger partial charge in [-0.2, -0.15) is 0 Å². The number of benzene rings is 1. The van der Waals surface area contributed by atoms with Gasteiger partial charge in [-0.25, -0.2) is 0 Å². The normalized spacial score (nSPS) is 17.6. The van der Waals surface area contributed by atoms with E-state index in [-0.39, 0.29) is 11.9 Å². The average molecular weight is 279 g/mol. The van der Waals surface area contributed by atoms with Crippen molar-refractivity contribution < 1.29 is 4.79 Å². The van der Waals surface area contributed by atoms with Gasteiger partial charge in [0.25, 0.3) is 0 Å². The molecule has 2 N–H and O–H groups in total. The van der Waals surface area contributed by atoms with Gasteiger partial charge in [0, 0.05) is 30.2 Å². The van der Waals surface area contributed by atoms with Gasteiger partial charge in [0.15, 0.2) is 0 Å². The lowest BCUT2D eigenvalue weighted by molar-refractivity contribution is -0.126. The molecular weight excluding hydrogens is 260 g/mol. The zero-order valence-corrected chi connectivity index (χ0v) is 11.9. The molecule has 3 nitrogen and oxygen atoms in total. The molecule has 0 unspecified atom stereocenters. The SMILES string of the molecule is C/C(=C\C(=O)N1CCC(N)CC1)c1ccccc1Cl. The lowest BCUT2D eigenvalue weighted by atomic mass is 10.0. The predicted octanol–water partition coefficient (Wildman–Crippen LogP) is 2.69. The van der Waals surface area contributed by atoms with Crippen molar-refractivity contribution in [3.05, 3.63) is 40.9 Å². The summed E-state index contributed by atoms with van der Waals surface area (Å²) >= 11 is 6.13. The molecule has 1 aromatic carbocycles. The number of carbonyl (C=O) groups excluding carboxylic acids is 1. The Kier molecular flexibility index (Phi) is 4.61. The molecular formula is C15H19ClN2O. The molecule has 1 amide bonds. The first kappa shape index (κ1) is 14.1. The van der Waals surface area contributed by atoms with E-state index in [2.05, 4.69) is 0 Å². The molecule has 0 aliphatic carbocycles. The van der Waals surface area contributed by atoms with Crippen LogP contribution in [0.15, 0.2) is 30.3 Å². The Morgan fingerprint density at radius 1 is 1.37 bits per heavy atom. The van der Waals surface area contributed by atoms with Crippen LogP contribution >= 0.6 is 11.6 Å². The molecule has 4 heteroatoms. The number of carbonyl (C=O) groups is 1. The second-order valence-electron chi connectivity index (χ2n) is 4.97. The Labute approximate surface area is 119 Å². The minimum atomic E-state index is 0.0457. The third-order valence-electron chi connectivity index (χ3n) is 3.49. The number of nitrogens with two attached hydrogens (primary N) is 1. The van der Waals surface area contributed by atoms with Crippen LogP contribution in [0.3, 0.4) is 0 Å². The second-order valence-corrected chi connectivity index (χ2v) is 5.38. The molecule has 1 saturated heterocycles. The van der Waals surface area contributed by atoms with Gasteiger partial charge in [-0.1, -0.05) is 29.8 Å². The van der Waals surface area contributed by atoms with Crippen molar-refractivity contribution in [1.82, 2.24) is 4.90 Å². The number of likely N-dealkylation sites (tertiary alicyclic amines) is 1. The van der Waals surface area contributed by atoms with E-state index in [0.717, 1.165) is 37.1 Å². The zero-order chi connectivity index (χ0) is 13.8. The van der Waals surface area contributed by atoms with Gasteiger partial charge >= 0.3 is 0 Å². The maximum Gasteiger partial charge on any atom is 0.246 e. The summed E-state index contributed by atoms with van der Waals surface area (Å²) in [4.78, 5) is 14.0.